The summed E-state index contributed by atoms with van der Waals surface area (Å²) < 4.78 is 60.6. The summed E-state index contributed by atoms with van der Waals surface area (Å²) in [5, 5.41) is 9.33. The Morgan fingerprint density at radius 2 is 1.89 bits per heavy atom. The van der Waals surface area contributed by atoms with Crippen LogP contribution < -0.4 is 4.72 Å². The molecule has 1 aromatic carbocycles. The molecule has 0 spiro atoms. The molecule has 0 atom stereocenters. The van der Waals surface area contributed by atoms with Crippen molar-refractivity contribution in [2.45, 2.75) is 10.4 Å². The van der Waals surface area contributed by atoms with E-state index in [1.807, 2.05) is 4.72 Å². The van der Waals surface area contributed by atoms with E-state index in [2.05, 4.69) is 0 Å². The zero-order chi connectivity index (χ0) is 13.8. The van der Waals surface area contributed by atoms with Gasteiger partial charge in [-0.05, 0) is 23.9 Å². The normalized spacial score (nSPS) is 12.6. The van der Waals surface area contributed by atoms with Crippen LogP contribution in [0.3, 0.4) is 0 Å². The van der Waals surface area contributed by atoms with E-state index in [0.717, 1.165) is 6.07 Å². The average Bonchev–Trinajstić information content (AvgIpc) is 2.24. The van der Waals surface area contributed by atoms with Crippen LogP contribution in [0.4, 0.5) is 13.2 Å². The molecule has 102 valence electrons. The highest BCUT2D eigenvalue weighted by molar-refractivity contribution is 8.00. The zero-order valence-electron chi connectivity index (χ0n) is 8.94. The fourth-order valence-corrected chi connectivity index (χ4v) is 2.80. The van der Waals surface area contributed by atoms with Gasteiger partial charge in [-0.2, -0.15) is 13.2 Å². The quantitative estimate of drug-likeness (QED) is 0.816. The van der Waals surface area contributed by atoms with Crippen molar-refractivity contribution in [3.63, 3.8) is 0 Å². The SMILES string of the molecule is O=S(=O)(NCCSC(F)(F)F)c1ccccc1O. The summed E-state index contributed by atoms with van der Waals surface area (Å²) in [4.78, 5) is -0.359. The van der Waals surface area contributed by atoms with E-state index in [-0.39, 0.29) is 23.2 Å². The lowest BCUT2D eigenvalue weighted by Crippen LogP contribution is -2.26. The number of sulfonamides is 1. The molecule has 0 aliphatic rings. The minimum Gasteiger partial charge on any atom is -0.507 e. The van der Waals surface area contributed by atoms with E-state index in [1.54, 1.807) is 0 Å². The summed E-state index contributed by atoms with van der Waals surface area (Å²) in [6.07, 6.45) is 0. The number of aromatic hydroxyl groups is 1. The smallest absolute Gasteiger partial charge is 0.441 e. The molecule has 0 fully saturated rings. The highest BCUT2D eigenvalue weighted by Crippen LogP contribution is 2.29. The summed E-state index contributed by atoms with van der Waals surface area (Å²) in [6, 6.07) is 5.18. The number of phenols is 1. The maximum Gasteiger partial charge on any atom is 0.441 e. The maximum atomic E-state index is 11.8. The van der Waals surface area contributed by atoms with E-state index in [0.29, 0.717) is 0 Å². The first-order valence-electron chi connectivity index (χ1n) is 4.71. The minimum atomic E-state index is -4.39. The molecular formula is C9H10F3NO3S2. The third-order valence-corrected chi connectivity index (χ3v) is 4.06. The predicted octanol–water partition coefficient (Wildman–Crippen LogP) is 1.92. The molecule has 1 aromatic rings. The minimum absolute atomic E-state index is 0.316. The molecule has 18 heavy (non-hydrogen) atoms. The van der Waals surface area contributed by atoms with Gasteiger partial charge in [0.05, 0.1) is 0 Å². The Balaban J connectivity index is 2.59. The van der Waals surface area contributed by atoms with Gasteiger partial charge in [-0.3, -0.25) is 0 Å². The van der Waals surface area contributed by atoms with Crippen LogP contribution in [0, 0.1) is 0 Å². The average molecular weight is 301 g/mol. The number of hydrogen-bond acceptors (Lipinski definition) is 4. The number of para-hydroxylation sites is 1. The largest absolute Gasteiger partial charge is 0.507 e. The van der Waals surface area contributed by atoms with Crippen LogP contribution in [0.2, 0.25) is 0 Å². The summed E-state index contributed by atoms with van der Waals surface area (Å²) in [6.45, 7) is -0.374. The van der Waals surface area contributed by atoms with Crippen molar-refractivity contribution in [3.05, 3.63) is 24.3 Å². The first-order chi connectivity index (χ1) is 8.22. The number of rotatable bonds is 5. The lowest BCUT2D eigenvalue weighted by atomic mass is 10.3. The van der Waals surface area contributed by atoms with Gasteiger partial charge in [0.15, 0.2) is 0 Å². The van der Waals surface area contributed by atoms with Crippen LogP contribution in [0.25, 0.3) is 0 Å². The molecule has 0 bridgehead atoms. The molecular weight excluding hydrogens is 291 g/mol. The second kappa shape index (κ2) is 5.81. The number of alkyl halides is 3. The number of thioether (sulfide) groups is 1. The van der Waals surface area contributed by atoms with Gasteiger partial charge in [0.25, 0.3) is 0 Å². The number of nitrogens with one attached hydrogen (secondary N) is 1. The molecule has 0 unspecified atom stereocenters. The van der Waals surface area contributed by atoms with Crippen LogP contribution in [-0.4, -0.2) is 31.3 Å². The fourth-order valence-electron chi connectivity index (χ4n) is 1.10. The molecule has 0 aliphatic heterocycles. The summed E-state index contributed by atoms with van der Waals surface area (Å²) in [5.74, 6) is -0.885. The fraction of sp³-hybridized carbons (Fsp3) is 0.333. The van der Waals surface area contributed by atoms with Gasteiger partial charge in [-0.25, -0.2) is 13.1 Å². The lowest BCUT2D eigenvalue weighted by Gasteiger charge is -2.09. The van der Waals surface area contributed by atoms with Gasteiger partial charge in [0.2, 0.25) is 10.0 Å². The van der Waals surface area contributed by atoms with Crippen LogP contribution in [-0.2, 0) is 10.0 Å². The van der Waals surface area contributed by atoms with Crippen molar-refractivity contribution in [2.24, 2.45) is 0 Å². The molecule has 0 saturated heterocycles. The second-order valence-electron chi connectivity index (χ2n) is 3.16. The lowest BCUT2D eigenvalue weighted by molar-refractivity contribution is -0.0327. The Labute approximate surface area is 106 Å². The summed E-state index contributed by atoms with van der Waals surface area (Å²) in [5.41, 5.74) is -4.39. The number of benzene rings is 1. The molecule has 0 aromatic heterocycles. The first-order valence-corrected chi connectivity index (χ1v) is 7.17. The highest BCUT2D eigenvalue weighted by atomic mass is 32.2. The van der Waals surface area contributed by atoms with Gasteiger partial charge in [0, 0.05) is 12.3 Å². The molecule has 0 aliphatic carbocycles. The van der Waals surface area contributed by atoms with E-state index in [1.165, 1.54) is 18.2 Å². The van der Waals surface area contributed by atoms with Crippen molar-refractivity contribution >= 4 is 21.8 Å². The highest BCUT2D eigenvalue weighted by Gasteiger charge is 2.28. The molecule has 0 radical (unpaired) electrons. The van der Waals surface area contributed by atoms with Crippen molar-refractivity contribution in [1.29, 1.82) is 0 Å². The Kier molecular flexibility index (Phi) is 4.88. The molecule has 4 nitrogen and oxygen atoms in total. The van der Waals surface area contributed by atoms with Crippen molar-refractivity contribution < 1.29 is 26.7 Å². The number of hydrogen-bond donors (Lipinski definition) is 2. The first kappa shape index (κ1) is 15.1. The Morgan fingerprint density at radius 1 is 1.28 bits per heavy atom. The van der Waals surface area contributed by atoms with Crippen molar-refractivity contribution in [1.82, 2.24) is 4.72 Å². The Bertz CT molecular complexity index is 502. The molecule has 0 amide bonds. The van der Waals surface area contributed by atoms with Gasteiger partial charge in [-0.1, -0.05) is 12.1 Å². The van der Waals surface area contributed by atoms with Crippen LogP contribution >= 0.6 is 11.8 Å². The molecule has 9 heteroatoms. The van der Waals surface area contributed by atoms with Gasteiger partial charge < -0.3 is 5.11 Å². The molecule has 2 N–H and O–H groups in total. The molecule has 0 heterocycles. The van der Waals surface area contributed by atoms with E-state index in [9.17, 15) is 26.7 Å². The molecule has 0 saturated carbocycles. The van der Waals surface area contributed by atoms with Crippen molar-refractivity contribution in [2.75, 3.05) is 12.3 Å². The van der Waals surface area contributed by atoms with Crippen molar-refractivity contribution in [3.8, 4) is 5.75 Å². The third kappa shape index (κ3) is 4.75. The van der Waals surface area contributed by atoms with E-state index >= 15 is 0 Å². The summed E-state index contributed by atoms with van der Waals surface area (Å²) >= 11 is -0.316. The number of phenolic OH excluding ortho intramolecular Hbond substituents is 1. The molecule has 1 rings (SSSR count). The Morgan fingerprint density at radius 3 is 2.44 bits per heavy atom. The van der Waals surface area contributed by atoms with Crippen LogP contribution in [0.15, 0.2) is 29.2 Å². The standard InChI is InChI=1S/C9H10F3NO3S2/c10-9(11,12)17-6-5-13-18(15,16)8-4-2-1-3-7(8)14/h1-4,13-14H,5-6H2. The van der Waals surface area contributed by atoms with Gasteiger partial charge in [0.1, 0.15) is 10.6 Å². The third-order valence-electron chi connectivity index (χ3n) is 1.81. The maximum absolute atomic E-state index is 11.8. The monoisotopic (exact) mass is 301 g/mol. The topological polar surface area (TPSA) is 66.4 Å². The number of halogens is 3. The predicted molar refractivity (Wildman–Crippen MR) is 61.8 cm³/mol. The van der Waals surface area contributed by atoms with E-state index in [4.69, 9.17) is 0 Å². The van der Waals surface area contributed by atoms with Crippen LogP contribution in [0.5, 0.6) is 5.75 Å². The van der Waals surface area contributed by atoms with Crippen LogP contribution in [0.1, 0.15) is 0 Å². The second-order valence-corrected chi connectivity index (χ2v) is 6.05. The zero-order valence-corrected chi connectivity index (χ0v) is 10.6. The Hall–Kier alpha value is -0.930. The van der Waals surface area contributed by atoms with Gasteiger partial charge in [-0.15, -0.1) is 0 Å². The summed E-state index contributed by atoms with van der Waals surface area (Å²) in [7, 11) is -3.99. The van der Waals surface area contributed by atoms with E-state index < -0.39 is 27.0 Å². The van der Waals surface area contributed by atoms with Gasteiger partial charge >= 0.3 is 5.51 Å².